The lowest BCUT2D eigenvalue weighted by molar-refractivity contribution is -0.129. The van der Waals surface area contributed by atoms with Gasteiger partial charge in [0.25, 0.3) is 0 Å². The molecular formula is C24H27N3O3. The Morgan fingerprint density at radius 3 is 2.60 bits per heavy atom. The lowest BCUT2D eigenvalue weighted by atomic mass is 9.92. The number of cyclic esters (lactones) is 1. The number of nitrogens with zero attached hydrogens (tertiary/aromatic N) is 1. The number of aromatic amines is 1. The van der Waals surface area contributed by atoms with Gasteiger partial charge in [-0.05, 0) is 11.6 Å². The van der Waals surface area contributed by atoms with Crippen molar-refractivity contribution in [1.82, 2.24) is 15.2 Å². The maximum Gasteiger partial charge on any atom is 0.410 e. The van der Waals surface area contributed by atoms with Crippen LogP contribution in [0, 0.1) is 5.41 Å². The molecule has 1 saturated heterocycles. The van der Waals surface area contributed by atoms with Crippen molar-refractivity contribution >= 4 is 22.9 Å². The number of rotatable bonds is 5. The summed E-state index contributed by atoms with van der Waals surface area (Å²) < 4.78 is 5.43. The Morgan fingerprint density at radius 1 is 1.17 bits per heavy atom. The summed E-state index contributed by atoms with van der Waals surface area (Å²) in [6, 6.07) is 17.1. The van der Waals surface area contributed by atoms with Crippen LogP contribution in [0.25, 0.3) is 10.9 Å². The quantitative estimate of drug-likeness (QED) is 0.661. The summed E-state index contributed by atoms with van der Waals surface area (Å²) in [5.74, 6) is -0.0724. The number of fused-ring (bicyclic) bond motifs is 1. The number of carbonyl (C=O) groups is 2. The number of ether oxygens (including phenoxy) is 1. The van der Waals surface area contributed by atoms with Gasteiger partial charge in [0.05, 0.1) is 12.1 Å². The molecule has 156 valence electrons. The molecule has 6 nitrogen and oxygen atoms in total. The van der Waals surface area contributed by atoms with Crippen LogP contribution in [-0.2, 0) is 16.1 Å². The van der Waals surface area contributed by atoms with Gasteiger partial charge in [0.2, 0.25) is 5.91 Å². The third kappa shape index (κ3) is 3.90. The number of carbonyl (C=O) groups excluding carboxylic acids is 2. The molecular weight excluding hydrogens is 378 g/mol. The summed E-state index contributed by atoms with van der Waals surface area (Å²) in [5, 5.41) is 4.22. The maximum absolute atomic E-state index is 12.9. The molecule has 30 heavy (non-hydrogen) atoms. The number of hydrogen-bond acceptors (Lipinski definition) is 3. The van der Waals surface area contributed by atoms with Crippen molar-refractivity contribution in [3.63, 3.8) is 0 Å². The summed E-state index contributed by atoms with van der Waals surface area (Å²) in [5.41, 5.74) is 2.39. The van der Waals surface area contributed by atoms with Crippen LogP contribution >= 0.6 is 0 Å². The molecule has 2 N–H and O–H groups in total. The van der Waals surface area contributed by atoms with Gasteiger partial charge in [-0.15, -0.1) is 0 Å². The van der Waals surface area contributed by atoms with Crippen LogP contribution in [0.5, 0.6) is 0 Å². The Balaban J connectivity index is 1.72. The Morgan fingerprint density at radius 2 is 1.87 bits per heavy atom. The molecule has 0 bridgehead atoms. The monoisotopic (exact) mass is 405 g/mol. The second-order valence-corrected chi connectivity index (χ2v) is 8.75. The molecule has 0 saturated carbocycles. The van der Waals surface area contributed by atoms with Crippen molar-refractivity contribution in [3.05, 3.63) is 71.9 Å². The predicted octanol–water partition coefficient (Wildman–Crippen LogP) is 4.39. The Bertz CT molecular complexity index is 1050. The van der Waals surface area contributed by atoms with Crippen molar-refractivity contribution in [2.45, 2.75) is 39.4 Å². The average molecular weight is 405 g/mol. The van der Waals surface area contributed by atoms with Gasteiger partial charge in [0, 0.05) is 34.6 Å². The van der Waals surface area contributed by atoms with Crippen molar-refractivity contribution in [2.24, 2.45) is 5.41 Å². The van der Waals surface area contributed by atoms with Crippen LogP contribution in [0.1, 0.15) is 37.9 Å². The smallest absolute Gasteiger partial charge is 0.410 e. The van der Waals surface area contributed by atoms with Gasteiger partial charge in [-0.2, -0.15) is 0 Å². The highest BCUT2D eigenvalue weighted by Gasteiger charge is 2.41. The van der Waals surface area contributed by atoms with E-state index in [1.165, 1.54) is 0 Å². The first kappa shape index (κ1) is 20.0. The van der Waals surface area contributed by atoms with E-state index in [-0.39, 0.29) is 24.6 Å². The van der Waals surface area contributed by atoms with Crippen LogP contribution in [0.15, 0.2) is 60.8 Å². The third-order valence-electron chi connectivity index (χ3n) is 5.52. The number of aromatic nitrogens is 1. The first-order valence-corrected chi connectivity index (χ1v) is 10.2. The summed E-state index contributed by atoms with van der Waals surface area (Å²) in [6.45, 7) is 6.29. The van der Waals surface area contributed by atoms with Crippen LogP contribution in [0.3, 0.4) is 0 Å². The molecule has 2 aromatic carbocycles. The minimum Gasteiger partial charge on any atom is -0.447 e. The fourth-order valence-corrected chi connectivity index (χ4v) is 3.79. The average Bonchev–Trinajstić information content (AvgIpc) is 3.30. The van der Waals surface area contributed by atoms with Crippen molar-refractivity contribution in [3.8, 4) is 0 Å². The minimum atomic E-state index is -0.557. The van der Waals surface area contributed by atoms with Gasteiger partial charge in [-0.25, -0.2) is 4.79 Å². The zero-order valence-corrected chi connectivity index (χ0v) is 17.5. The van der Waals surface area contributed by atoms with E-state index in [1.807, 2.05) is 81.6 Å². The number of amides is 2. The number of hydrogen-bond donors (Lipinski definition) is 2. The highest BCUT2D eigenvalue weighted by Crippen LogP contribution is 2.33. The molecule has 0 radical (unpaired) electrons. The van der Waals surface area contributed by atoms with Gasteiger partial charge >= 0.3 is 6.09 Å². The van der Waals surface area contributed by atoms with Gasteiger partial charge < -0.3 is 15.0 Å². The standard InChI is InChI=1S/C24H27N3O3/c1-24(2,3)22(28)26-21(18-13-25-19-12-8-7-11-17(18)19)20-15-30-23(29)27(20)14-16-9-5-4-6-10-16/h4-13,20-21,25H,14-15H2,1-3H3,(H,26,28)/t20-,21-/m1/s1. The zero-order chi connectivity index (χ0) is 21.3. The normalized spacial score (nSPS) is 17.8. The molecule has 1 aromatic heterocycles. The largest absolute Gasteiger partial charge is 0.447 e. The number of para-hydroxylation sites is 1. The van der Waals surface area contributed by atoms with E-state index >= 15 is 0 Å². The number of benzene rings is 2. The lowest BCUT2D eigenvalue weighted by Gasteiger charge is -2.32. The maximum atomic E-state index is 12.9. The Labute approximate surface area is 176 Å². The lowest BCUT2D eigenvalue weighted by Crippen LogP contribution is -2.47. The summed E-state index contributed by atoms with van der Waals surface area (Å²) >= 11 is 0. The third-order valence-corrected chi connectivity index (χ3v) is 5.52. The van der Waals surface area contributed by atoms with Crippen LogP contribution in [0.4, 0.5) is 4.79 Å². The fraction of sp³-hybridized carbons (Fsp3) is 0.333. The molecule has 1 aliphatic rings. The van der Waals surface area contributed by atoms with E-state index in [9.17, 15) is 9.59 Å². The predicted molar refractivity (Wildman–Crippen MR) is 116 cm³/mol. The molecule has 2 atom stereocenters. The van der Waals surface area contributed by atoms with E-state index < -0.39 is 11.5 Å². The van der Waals surface area contributed by atoms with Crippen LogP contribution < -0.4 is 5.32 Å². The molecule has 0 unspecified atom stereocenters. The SMILES string of the molecule is CC(C)(C)C(=O)N[C@H](c1c[nH]c2ccccc12)[C@H]1COC(=O)N1Cc1ccccc1. The number of H-pyrrole nitrogens is 1. The highest BCUT2D eigenvalue weighted by molar-refractivity contribution is 5.86. The van der Waals surface area contributed by atoms with E-state index in [1.54, 1.807) is 4.90 Å². The molecule has 1 aliphatic heterocycles. The molecule has 1 fully saturated rings. The summed E-state index contributed by atoms with van der Waals surface area (Å²) in [7, 11) is 0. The van der Waals surface area contributed by atoms with E-state index in [2.05, 4.69) is 10.3 Å². The Hall–Kier alpha value is -3.28. The first-order chi connectivity index (χ1) is 14.3. The second-order valence-electron chi connectivity index (χ2n) is 8.75. The summed E-state index contributed by atoms with van der Waals surface area (Å²) in [6.07, 6.45) is 1.56. The fourth-order valence-electron chi connectivity index (χ4n) is 3.79. The van der Waals surface area contributed by atoms with Crippen molar-refractivity contribution < 1.29 is 14.3 Å². The van der Waals surface area contributed by atoms with Crippen molar-refractivity contribution in [2.75, 3.05) is 6.61 Å². The molecule has 4 rings (SSSR count). The van der Waals surface area contributed by atoms with E-state index in [0.29, 0.717) is 6.54 Å². The molecule has 0 spiro atoms. The Kier molecular flexibility index (Phi) is 5.24. The molecule has 0 aliphatic carbocycles. The van der Waals surface area contributed by atoms with E-state index in [4.69, 9.17) is 4.74 Å². The topological polar surface area (TPSA) is 74.4 Å². The molecule has 6 heteroatoms. The molecule has 2 amide bonds. The van der Waals surface area contributed by atoms with Crippen molar-refractivity contribution in [1.29, 1.82) is 0 Å². The van der Waals surface area contributed by atoms with Gasteiger partial charge in [-0.3, -0.25) is 9.69 Å². The second kappa shape index (κ2) is 7.86. The minimum absolute atomic E-state index is 0.0724. The summed E-state index contributed by atoms with van der Waals surface area (Å²) in [4.78, 5) is 30.5. The highest BCUT2D eigenvalue weighted by atomic mass is 16.6. The zero-order valence-electron chi connectivity index (χ0n) is 17.5. The van der Waals surface area contributed by atoms with Crippen LogP contribution in [0.2, 0.25) is 0 Å². The van der Waals surface area contributed by atoms with Gasteiger partial charge in [0.1, 0.15) is 6.61 Å². The molecule has 2 heterocycles. The number of nitrogens with one attached hydrogen (secondary N) is 2. The van der Waals surface area contributed by atoms with Crippen LogP contribution in [-0.4, -0.2) is 34.5 Å². The first-order valence-electron chi connectivity index (χ1n) is 10.2. The van der Waals surface area contributed by atoms with E-state index in [0.717, 1.165) is 22.0 Å². The van der Waals surface area contributed by atoms with Gasteiger partial charge in [0.15, 0.2) is 0 Å². The molecule has 3 aromatic rings. The van der Waals surface area contributed by atoms with Gasteiger partial charge in [-0.1, -0.05) is 69.3 Å².